The van der Waals surface area contributed by atoms with E-state index in [1.54, 1.807) is 0 Å². The Morgan fingerprint density at radius 3 is 2.45 bits per heavy atom. The quantitative estimate of drug-likeness (QED) is 0.588. The summed E-state index contributed by atoms with van der Waals surface area (Å²) in [4.78, 5) is 11.8. The number of aromatic nitrogens is 4. The molecule has 31 heavy (non-hydrogen) atoms. The normalized spacial score (nSPS) is 15.5. The number of likely N-dealkylation sites (tertiary alicyclic amines) is 1. The number of rotatable bonds is 6. The Hall–Kier alpha value is -2.73. The number of pyridine rings is 2. The second-order valence-electron chi connectivity index (χ2n) is 9.00. The van der Waals surface area contributed by atoms with Crippen molar-refractivity contribution in [1.82, 2.24) is 24.6 Å². The molecule has 0 amide bonds. The third-order valence-electron chi connectivity index (χ3n) is 6.30. The van der Waals surface area contributed by atoms with Crippen molar-refractivity contribution in [2.45, 2.75) is 66.0 Å². The first-order valence-corrected chi connectivity index (χ1v) is 11.3. The van der Waals surface area contributed by atoms with E-state index in [0.29, 0.717) is 12.0 Å². The van der Waals surface area contributed by atoms with Gasteiger partial charge < -0.3 is 5.32 Å². The fourth-order valence-corrected chi connectivity index (χ4v) is 4.52. The van der Waals surface area contributed by atoms with Gasteiger partial charge in [0.05, 0.1) is 17.6 Å². The number of hydrogen-bond acceptors (Lipinski definition) is 5. The smallest absolute Gasteiger partial charge is 0.130 e. The maximum Gasteiger partial charge on any atom is 0.130 e. The van der Waals surface area contributed by atoms with Crippen molar-refractivity contribution < 1.29 is 0 Å². The van der Waals surface area contributed by atoms with Gasteiger partial charge >= 0.3 is 0 Å². The molecule has 0 aromatic carbocycles. The van der Waals surface area contributed by atoms with Crippen LogP contribution in [-0.2, 0) is 6.54 Å². The Bertz CT molecular complexity index is 1010. The molecule has 0 atom stereocenters. The Morgan fingerprint density at radius 2 is 1.84 bits per heavy atom. The first-order chi connectivity index (χ1) is 14.9. The van der Waals surface area contributed by atoms with E-state index in [4.69, 9.17) is 10.1 Å². The van der Waals surface area contributed by atoms with Crippen molar-refractivity contribution in [2.24, 2.45) is 0 Å². The highest BCUT2D eigenvalue weighted by atomic mass is 15.3. The van der Waals surface area contributed by atoms with Crippen LogP contribution in [0.4, 0.5) is 11.5 Å². The van der Waals surface area contributed by atoms with E-state index in [1.165, 1.54) is 22.6 Å². The van der Waals surface area contributed by atoms with Gasteiger partial charge in [-0.15, -0.1) is 0 Å². The number of piperidine rings is 1. The average Bonchev–Trinajstić information content (AvgIpc) is 3.03. The van der Waals surface area contributed by atoms with E-state index >= 15 is 0 Å². The molecule has 0 bridgehead atoms. The van der Waals surface area contributed by atoms with E-state index in [0.717, 1.165) is 49.7 Å². The van der Waals surface area contributed by atoms with E-state index in [2.05, 4.69) is 59.7 Å². The van der Waals surface area contributed by atoms with Crippen molar-refractivity contribution in [3.05, 3.63) is 64.9 Å². The maximum atomic E-state index is 4.76. The molecular formula is C25H34N6. The summed E-state index contributed by atoms with van der Waals surface area (Å²) in [7, 11) is 0. The molecular weight excluding hydrogens is 384 g/mol. The largest absolute Gasteiger partial charge is 0.339 e. The molecule has 0 unspecified atom stereocenters. The van der Waals surface area contributed by atoms with Crippen LogP contribution in [0.25, 0.3) is 0 Å². The Balaban J connectivity index is 1.34. The molecule has 4 rings (SSSR count). The molecule has 3 aromatic heterocycles. The van der Waals surface area contributed by atoms with E-state index in [9.17, 15) is 0 Å². The number of nitrogens with zero attached hydrogens (tertiary/aromatic N) is 5. The van der Waals surface area contributed by atoms with Crippen LogP contribution in [0.1, 0.15) is 67.0 Å². The summed E-state index contributed by atoms with van der Waals surface area (Å²) in [5.41, 5.74) is 7.05. The van der Waals surface area contributed by atoms with Gasteiger partial charge in [-0.3, -0.25) is 14.6 Å². The van der Waals surface area contributed by atoms with E-state index in [1.807, 2.05) is 31.3 Å². The summed E-state index contributed by atoms with van der Waals surface area (Å²) >= 11 is 0. The van der Waals surface area contributed by atoms with Crippen molar-refractivity contribution in [3.63, 3.8) is 0 Å². The molecule has 0 aliphatic carbocycles. The summed E-state index contributed by atoms with van der Waals surface area (Å²) in [5, 5.41) is 8.09. The Kier molecular flexibility index (Phi) is 6.37. The molecule has 1 saturated heterocycles. The number of hydrogen-bond donors (Lipinski definition) is 1. The first-order valence-electron chi connectivity index (χ1n) is 11.3. The van der Waals surface area contributed by atoms with E-state index < -0.39 is 0 Å². The van der Waals surface area contributed by atoms with Gasteiger partial charge in [-0.1, -0.05) is 6.07 Å². The first kappa shape index (κ1) is 21.5. The van der Waals surface area contributed by atoms with Gasteiger partial charge in [0.1, 0.15) is 5.82 Å². The minimum absolute atomic E-state index is 0.406. The van der Waals surface area contributed by atoms with Crippen molar-refractivity contribution in [1.29, 1.82) is 0 Å². The number of aryl methyl sites for hydroxylation is 2. The van der Waals surface area contributed by atoms with Crippen LogP contribution < -0.4 is 5.32 Å². The third-order valence-corrected chi connectivity index (χ3v) is 6.30. The Morgan fingerprint density at radius 1 is 1.06 bits per heavy atom. The van der Waals surface area contributed by atoms with Gasteiger partial charge in [0.25, 0.3) is 0 Å². The van der Waals surface area contributed by atoms with Crippen LogP contribution >= 0.6 is 0 Å². The highest BCUT2D eigenvalue weighted by Gasteiger charge is 2.23. The van der Waals surface area contributed by atoms with E-state index in [-0.39, 0.29) is 0 Å². The topological polar surface area (TPSA) is 58.9 Å². The summed E-state index contributed by atoms with van der Waals surface area (Å²) in [6.07, 6.45) is 4.23. The maximum absolute atomic E-state index is 4.76. The molecule has 6 heteroatoms. The summed E-state index contributed by atoms with van der Waals surface area (Å²) in [6, 6.07) is 10.7. The van der Waals surface area contributed by atoms with Crippen LogP contribution in [0.15, 0.2) is 36.5 Å². The lowest BCUT2D eigenvalue weighted by molar-refractivity contribution is 0.202. The molecule has 0 radical (unpaired) electrons. The van der Waals surface area contributed by atoms with Crippen molar-refractivity contribution in [2.75, 3.05) is 18.4 Å². The average molecular weight is 419 g/mol. The zero-order chi connectivity index (χ0) is 22.0. The van der Waals surface area contributed by atoms with Gasteiger partial charge in [-0.05, 0) is 84.8 Å². The Labute approximate surface area is 185 Å². The molecule has 0 spiro atoms. The molecule has 164 valence electrons. The van der Waals surface area contributed by atoms with Gasteiger partial charge in [-0.2, -0.15) is 5.10 Å². The lowest BCUT2D eigenvalue weighted by Gasteiger charge is -2.31. The summed E-state index contributed by atoms with van der Waals surface area (Å²) < 4.78 is 2.16. The van der Waals surface area contributed by atoms with Crippen LogP contribution in [0.5, 0.6) is 0 Å². The van der Waals surface area contributed by atoms with Crippen LogP contribution in [-0.4, -0.2) is 37.7 Å². The zero-order valence-corrected chi connectivity index (χ0v) is 19.4. The predicted octanol–water partition coefficient (Wildman–Crippen LogP) is 5.30. The molecule has 3 aromatic rings. The lowest BCUT2D eigenvalue weighted by atomic mass is 9.92. The highest BCUT2D eigenvalue weighted by molar-refractivity contribution is 5.55. The molecule has 0 saturated carbocycles. The molecule has 1 fully saturated rings. The lowest BCUT2D eigenvalue weighted by Crippen LogP contribution is -2.33. The second-order valence-corrected chi connectivity index (χ2v) is 9.00. The molecule has 1 aliphatic heterocycles. The fourth-order valence-electron chi connectivity index (χ4n) is 4.52. The SMILES string of the molecule is Cc1cccc(Nc2ccc(C3CCN(Cc4c(C)nn(C(C)C)c4C)CC3)nc2)n1. The third kappa shape index (κ3) is 4.96. The van der Waals surface area contributed by atoms with Gasteiger partial charge in [0.2, 0.25) is 0 Å². The summed E-state index contributed by atoms with van der Waals surface area (Å²) in [6.45, 7) is 13.9. The monoisotopic (exact) mass is 418 g/mol. The van der Waals surface area contributed by atoms with Gasteiger partial charge in [-0.25, -0.2) is 4.98 Å². The van der Waals surface area contributed by atoms with Crippen molar-refractivity contribution >= 4 is 11.5 Å². The van der Waals surface area contributed by atoms with Crippen LogP contribution in [0.3, 0.4) is 0 Å². The van der Waals surface area contributed by atoms with Crippen LogP contribution in [0.2, 0.25) is 0 Å². The highest BCUT2D eigenvalue weighted by Crippen LogP contribution is 2.29. The minimum atomic E-state index is 0.406. The standard InChI is InChI=1S/C25H34N6/c1-17(2)31-20(5)23(19(4)29-31)16-30-13-11-21(12-14-30)24-10-9-22(15-26-24)28-25-8-6-7-18(3)27-25/h6-10,15,17,21H,11-14,16H2,1-5H3,(H,27,28). The predicted molar refractivity (Wildman–Crippen MR) is 126 cm³/mol. The molecule has 1 aliphatic rings. The number of nitrogens with one attached hydrogen (secondary N) is 1. The van der Waals surface area contributed by atoms with Crippen molar-refractivity contribution in [3.8, 4) is 0 Å². The van der Waals surface area contributed by atoms with Crippen LogP contribution in [0, 0.1) is 20.8 Å². The zero-order valence-electron chi connectivity index (χ0n) is 19.4. The summed E-state index contributed by atoms with van der Waals surface area (Å²) in [5.74, 6) is 1.39. The second kappa shape index (κ2) is 9.18. The fraction of sp³-hybridized carbons (Fsp3) is 0.480. The molecule has 4 heterocycles. The van der Waals surface area contributed by atoms with Gasteiger partial charge in [0, 0.05) is 41.1 Å². The molecule has 1 N–H and O–H groups in total. The minimum Gasteiger partial charge on any atom is -0.339 e. The van der Waals surface area contributed by atoms with Gasteiger partial charge in [0.15, 0.2) is 0 Å². The number of anilines is 2. The molecule has 6 nitrogen and oxygen atoms in total.